The highest BCUT2D eigenvalue weighted by Gasteiger charge is 2.07. The Morgan fingerprint density at radius 3 is 2.50 bits per heavy atom. The Bertz CT molecular complexity index is 319. The van der Waals surface area contributed by atoms with Crippen LogP contribution in [0.1, 0.15) is 33.6 Å². The SMILES string of the molecule is CCOC(=O)CCCNCC(=O)NC(=O)NCC(C)C. The van der Waals surface area contributed by atoms with Crippen molar-refractivity contribution in [2.24, 2.45) is 5.92 Å². The maximum Gasteiger partial charge on any atom is 0.321 e. The van der Waals surface area contributed by atoms with Crippen LogP contribution >= 0.6 is 0 Å². The molecule has 7 nitrogen and oxygen atoms in total. The van der Waals surface area contributed by atoms with Gasteiger partial charge < -0.3 is 15.4 Å². The molecule has 7 heteroatoms. The molecule has 3 N–H and O–H groups in total. The van der Waals surface area contributed by atoms with E-state index in [-0.39, 0.29) is 12.5 Å². The summed E-state index contributed by atoms with van der Waals surface area (Å²) in [7, 11) is 0. The maximum absolute atomic E-state index is 11.4. The van der Waals surface area contributed by atoms with Crippen molar-refractivity contribution in [1.29, 1.82) is 0 Å². The van der Waals surface area contributed by atoms with Crippen molar-refractivity contribution < 1.29 is 19.1 Å². The lowest BCUT2D eigenvalue weighted by molar-refractivity contribution is -0.143. The van der Waals surface area contributed by atoms with E-state index >= 15 is 0 Å². The zero-order chi connectivity index (χ0) is 15.4. The third kappa shape index (κ3) is 11.5. The van der Waals surface area contributed by atoms with Gasteiger partial charge in [-0.1, -0.05) is 13.8 Å². The molecule has 3 amide bonds. The number of carbonyl (C=O) groups excluding carboxylic acids is 3. The number of rotatable bonds is 9. The fraction of sp³-hybridized carbons (Fsp3) is 0.769. The van der Waals surface area contributed by atoms with Gasteiger partial charge >= 0.3 is 12.0 Å². The highest BCUT2D eigenvalue weighted by molar-refractivity contribution is 5.95. The smallest absolute Gasteiger partial charge is 0.321 e. The van der Waals surface area contributed by atoms with Gasteiger partial charge in [0.25, 0.3) is 0 Å². The summed E-state index contributed by atoms with van der Waals surface area (Å²) >= 11 is 0. The standard InChI is InChI=1S/C13H25N3O4/c1-4-20-12(18)6-5-7-14-9-11(17)16-13(19)15-8-10(2)3/h10,14H,4-9H2,1-3H3,(H2,15,16,17,19). The molecule has 20 heavy (non-hydrogen) atoms. The minimum atomic E-state index is -0.489. The summed E-state index contributed by atoms with van der Waals surface area (Å²) in [4.78, 5) is 33.7. The molecule has 0 bridgehead atoms. The highest BCUT2D eigenvalue weighted by atomic mass is 16.5. The third-order valence-electron chi connectivity index (χ3n) is 2.25. The van der Waals surface area contributed by atoms with Crippen LogP contribution < -0.4 is 16.0 Å². The second-order valence-electron chi connectivity index (χ2n) is 4.74. The molecular weight excluding hydrogens is 262 g/mol. The van der Waals surface area contributed by atoms with Gasteiger partial charge in [0.15, 0.2) is 0 Å². The average Bonchev–Trinajstić information content (AvgIpc) is 2.36. The van der Waals surface area contributed by atoms with Crippen LogP contribution in [0.5, 0.6) is 0 Å². The largest absolute Gasteiger partial charge is 0.466 e. The predicted octanol–water partition coefficient (Wildman–Crippen LogP) is 0.401. The van der Waals surface area contributed by atoms with E-state index in [4.69, 9.17) is 4.74 Å². The summed E-state index contributed by atoms with van der Waals surface area (Å²) in [5.74, 6) is -0.314. The van der Waals surface area contributed by atoms with Crippen LogP contribution in [-0.4, -0.2) is 44.1 Å². The van der Waals surface area contributed by atoms with Crippen LogP contribution in [0.4, 0.5) is 4.79 Å². The van der Waals surface area contributed by atoms with Gasteiger partial charge in [-0.25, -0.2) is 4.79 Å². The molecule has 0 heterocycles. The number of carbonyl (C=O) groups is 3. The molecule has 0 fully saturated rings. The van der Waals surface area contributed by atoms with Gasteiger partial charge in [0.2, 0.25) is 5.91 Å². The van der Waals surface area contributed by atoms with E-state index in [0.717, 1.165) is 0 Å². The van der Waals surface area contributed by atoms with E-state index in [1.807, 2.05) is 13.8 Å². The zero-order valence-electron chi connectivity index (χ0n) is 12.5. The van der Waals surface area contributed by atoms with E-state index in [0.29, 0.717) is 38.5 Å². The molecule has 116 valence electrons. The molecule has 0 unspecified atom stereocenters. The minimum absolute atomic E-state index is 0.0396. The Morgan fingerprint density at radius 2 is 1.90 bits per heavy atom. The zero-order valence-corrected chi connectivity index (χ0v) is 12.5. The number of urea groups is 1. The van der Waals surface area contributed by atoms with Crippen LogP contribution in [0.2, 0.25) is 0 Å². The van der Waals surface area contributed by atoms with Crippen LogP contribution in [0.3, 0.4) is 0 Å². The van der Waals surface area contributed by atoms with E-state index in [9.17, 15) is 14.4 Å². The molecule has 0 aliphatic heterocycles. The lowest BCUT2D eigenvalue weighted by atomic mass is 10.2. The molecular formula is C13H25N3O4. The molecule has 0 rings (SSSR count). The summed E-state index contributed by atoms with van der Waals surface area (Å²) in [5, 5.41) is 7.65. The molecule has 0 aliphatic rings. The van der Waals surface area contributed by atoms with E-state index in [2.05, 4.69) is 16.0 Å². The molecule has 0 radical (unpaired) electrons. The first kappa shape index (κ1) is 18.4. The molecule has 0 aliphatic carbocycles. The van der Waals surface area contributed by atoms with Crippen molar-refractivity contribution in [3.63, 3.8) is 0 Å². The van der Waals surface area contributed by atoms with Crippen molar-refractivity contribution in [2.45, 2.75) is 33.6 Å². The lowest BCUT2D eigenvalue weighted by Crippen LogP contribution is -2.44. The van der Waals surface area contributed by atoms with Crippen molar-refractivity contribution in [3.8, 4) is 0 Å². The summed E-state index contributed by atoms with van der Waals surface area (Å²) in [6.45, 7) is 7.13. The number of nitrogens with one attached hydrogen (secondary N) is 3. The normalized spacial score (nSPS) is 10.2. The maximum atomic E-state index is 11.4. The number of amides is 3. The Balaban J connectivity index is 3.54. The van der Waals surface area contributed by atoms with Crippen molar-refractivity contribution >= 4 is 17.9 Å². The van der Waals surface area contributed by atoms with Gasteiger partial charge in [0, 0.05) is 13.0 Å². The molecule has 0 spiro atoms. The molecule has 0 saturated heterocycles. The first-order valence-electron chi connectivity index (χ1n) is 6.89. The van der Waals surface area contributed by atoms with Crippen LogP contribution in [0.15, 0.2) is 0 Å². The van der Waals surface area contributed by atoms with Crippen LogP contribution in [0, 0.1) is 5.92 Å². The van der Waals surface area contributed by atoms with Crippen LogP contribution in [-0.2, 0) is 14.3 Å². The average molecular weight is 287 g/mol. The number of hydrogen-bond acceptors (Lipinski definition) is 5. The number of esters is 1. The molecule has 0 atom stereocenters. The van der Waals surface area contributed by atoms with Crippen molar-refractivity contribution in [3.05, 3.63) is 0 Å². The Hall–Kier alpha value is -1.63. The second-order valence-corrected chi connectivity index (χ2v) is 4.74. The van der Waals surface area contributed by atoms with Crippen molar-refractivity contribution in [1.82, 2.24) is 16.0 Å². The lowest BCUT2D eigenvalue weighted by Gasteiger charge is -2.09. The fourth-order valence-corrected chi connectivity index (χ4v) is 1.30. The molecule has 0 aromatic rings. The monoisotopic (exact) mass is 287 g/mol. The summed E-state index contributed by atoms with van der Waals surface area (Å²) in [6.07, 6.45) is 0.906. The van der Waals surface area contributed by atoms with Gasteiger partial charge in [-0.05, 0) is 25.8 Å². The summed E-state index contributed by atoms with van der Waals surface area (Å²) < 4.78 is 4.77. The van der Waals surface area contributed by atoms with Crippen LogP contribution in [0.25, 0.3) is 0 Å². The summed E-state index contributed by atoms with van der Waals surface area (Å²) in [5.41, 5.74) is 0. The first-order chi connectivity index (χ1) is 9.45. The second kappa shape index (κ2) is 11.2. The van der Waals surface area contributed by atoms with Gasteiger partial charge in [-0.3, -0.25) is 14.9 Å². The Kier molecular flexibility index (Phi) is 10.3. The van der Waals surface area contributed by atoms with Gasteiger partial charge in [-0.15, -0.1) is 0 Å². The third-order valence-corrected chi connectivity index (χ3v) is 2.25. The summed E-state index contributed by atoms with van der Waals surface area (Å²) in [6, 6.07) is -0.489. The first-order valence-corrected chi connectivity index (χ1v) is 6.89. The van der Waals surface area contributed by atoms with Gasteiger partial charge in [0.05, 0.1) is 13.2 Å². The highest BCUT2D eigenvalue weighted by Crippen LogP contribution is 1.91. The minimum Gasteiger partial charge on any atom is -0.466 e. The van der Waals surface area contributed by atoms with E-state index < -0.39 is 11.9 Å². The number of ether oxygens (including phenoxy) is 1. The quantitative estimate of drug-likeness (QED) is 0.421. The Labute approximate surface area is 119 Å². The molecule has 0 saturated carbocycles. The Morgan fingerprint density at radius 1 is 1.20 bits per heavy atom. The van der Waals surface area contributed by atoms with E-state index in [1.165, 1.54) is 0 Å². The molecule has 0 aromatic carbocycles. The van der Waals surface area contributed by atoms with Crippen molar-refractivity contribution in [2.75, 3.05) is 26.2 Å². The number of hydrogen-bond donors (Lipinski definition) is 3. The number of imide groups is 1. The van der Waals surface area contributed by atoms with E-state index in [1.54, 1.807) is 6.92 Å². The topological polar surface area (TPSA) is 96.5 Å². The van der Waals surface area contributed by atoms with Gasteiger partial charge in [-0.2, -0.15) is 0 Å². The fourth-order valence-electron chi connectivity index (χ4n) is 1.30. The van der Waals surface area contributed by atoms with Gasteiger partial charge in [0.1, 0.15) is 0 Å². The predicted molar refractivity (Wildman–Crippen MR) is 75.1 cm³/mol. The molecule has 0 aromatic heterocycles.